The van der Waals surface area contributed by atoms with Crippen LogP contribution in [0.4, 0.5) is 5.82 Å². The average Bonchev–Trinajstić information content (AvgIpc) is 2.82. The standard InChI is InChI=1S/C13H15N3/c1-2-4-11-8-15-13(7-10(11)3-1)16-12-5-6-14-9-12/h1-4,7-8,12,14H,5-6,9H2,(H,15,16). The summed E-state index contributed by atoms with van der Waals surface area (Å²) in [5.74, 6) is 0.979. The molecule has 0 bridgehead atoms. The Morgan fingerprint density at radius 1 is 1.25 bits per heavy atom. The zero-order valence-corrected chi connectivity index (χ0v) is 9.11. The van der Waals surface area contributed by atoms with E-state index in [9.17, 15) is 0 Å². The summed E-state index contributed by atoms with van der Waals surface area (Å²) in [5.41, 5.74) is 0. The van der Waals surface area contributed by atoms with Gasteiger partial charge < -0.3 is 10.6 Å². The van der Waals surface area contributed by atoms with Crippen LogP contribution in [0.1, 0.15) is 6.42 Å². The summed E-state index contributed by atoms with van der Waals surface area (Å²) >= 11 is 0. The maximum atomic E-state index is 4.43. The van der Waals surface area contributed by atoms with Crippen molar-refractivity contribution >= 4 is 16.6 Å². The predicted molar refractivity (Wildman–Crippen MR) is 66.6 cm³/mol. The number of benzene rings is 1. The smallest absolute Gasteiger partial charge is 0.126 e. The van der Waals surface area contributed by atoms with Gasteiger partial charge in [-0.15, -0.1) is 0 Å². The van der Waals surface area contributed by atoms with E-state index in [0.29, 0.717) is 6.04 Å². The van der Waals surface area contributed by atoms with Crippen molar-refractivity contribution in [2.75, 3.05) is 18.4 Å². The van der Waals surface area contributed by atoms with Gasteiger partial charge in [0.15, 0.2) is 0 Å². The van der Waals surface area contributed by atoms with E-state index in [2.05, 4.69) is 39.9 Å². The summed E-state index contributed by atoms with van der Waals surface area (Å²) in [5, 5.41) is 9.23. The van der Waals surface area contributed by atoms with Gasteiger partial charge in [0.05, 0.1) is 0 Å². The third-order valence-electron chi connectivity index (χ3n) is 3.04. The summed E-state index contributed by atoms with van der Waals surface area (Å²) < 4.78 is 0. The first-order valence-corrected chi connectivity index (χ1v) is 5.74. The number of rotatable bonds is 2. The molecular formula is C13H15N3. The SMILES string of the molecule is c1ccc2cc(NC3CCNC3)ncc2c1. The van der Waals surface area contributed by atoms with Crippen molar-refractivity contribution in [1.82, 2.24) is 10.3 Å². The fourth-order valence-corrected chi connectivity index (χ4v) is 2.15. The summed E-state index contributed by atoms with van der Waals surface area (Å²) in [6.07, 6.45) is 3.11. The van der Waals surface area contributed by atoms with Gasteiger partial charge in [-0.2, -0.15) is 0 Å². The Hall–Kier alpha value is -1.61. The predicted octanol–water partition coefficient (Wildman–Crippen LogP) is 2.01. The molecule has 1 aromatic heterocycles. The van der Waals surface area contributed by atoms with Crippen molar-refractivity contribution < 1.29 is 0 Å². The Kier molecular flexibility index (Phi) is 2.46. The van der Waals surface area contributed by atoms with E-state index >= 15 is 0 Å². The summed E-state index contributed by atoms with van der Waals surface area (Å²) in [4.78, 5) is 4.43. The molecule has 3 rings (SSSR count). The van der Waals surface area contributed by atoms with Crippen LogP contribution in [0.5, 0.6) is 0 Å². The molecule has 2 heterocycles. The molecule has 1 fully saturated rings. The fourth-order valence-electron chi connectivity index (χ4n) is 2.15. The molecule has 0 amide bonds. The quantitative estimate of drug-likeness (QED) is 0.801. The van der Waals surface area contributed by atoms with E-state index in [-0.39, 0.29) is 0 Å². The maximum Gasteiger partial charge on any atom is 0.126 e. The highest BCUT2D eigenvalue weighted by atomic mass is 15.1. The summed E-state index contributed by atoms with van der Waals surface area (Å²) in [6, 6.07) is 10.9. The van der Waals surface area contributed by atoms with E-state index in [0.717, 1.165) is 18.9 Å². The van der Waals surface area contributed by atoms with Crippen LogP contribution < -0.4 is 10.6 Å². The van der Waals surface area contributed by atoms with Gasteiger partial charge in [-0.05, 0) is 24.4 Å². The highest BCUT2D eigenvalue weighted by Crippen LogP contribution is 2.17. The van der Waals surface area contributed by atoms with Crippen molar-refractivity contribution in [3.63, 3.8) is 0 Å². The topological polar surface area (TPSA) is 37.0 Å². The third-order valence-corrected chi connectivity index (χ3v) is 3.04. The first-order valence-electron chi connectivity index (χ1n) is 5.74. The lowest BCUT2D eigenvalue weighted by Crippen LogP contribution is -2.22. The van der Waals surface area contributed by atoms with Crippen LogP contribution in [0.3, 0.4) is 0 Å². The van der Waals surface area contributed by atoms with Crippen molar-refractivity contribution in [3.8, 4) is 0 Å². The maximum absolute atomic E-state index is 4.43. The summed E-state index contributed by atoms with van der Waals surface area (Å²) in [7, 11) is 0. The lowest BCUT2D eigenvalue weighted by atomic mass is 10.2. The number of fused-ring (bicyclic) bond motifs is 1. The number of aromatic nitrogens is 1. The molecule has 1 aliphatic heterocycles. The first-order chi connectivity index (χ1) is 7.92. The van der Waals surface area contributed by atoms with Gasteiger partial charge in [0.25, 0.3) is 0 Å². The van der Waals surface area contributed by atoms with Crippen molar-refractivity contribution in [2.24, 2.45) is 0 Å². The van der Waals surface area contributed by atoms with Crippen LogP contribution in [0.25, 0.3) is 10.8 Å². The number of anilines is 1. The minimum absolute atomic E-state index is 0.522. The molecule has 3 nitrogen and oxygen atoms in total. The molecule has 2 aromatic rings. The van der Waals surface area contributed by atoms with E-state index in [1.54, 1.807) is 0 Å². The number of nitrogens with one attached hydrogen (secondary N) is 2. The molecule has 1 unspecified atom stereocenters. The van der Waals surface area contributed by atoms with Gasteiger partial charge in [-0.3, -0.25) is 0 Å². The minimum Gasteiger partial charge on any atom is -0.366 e. The van der Waals surface area contributed by atoms with Crippen molar-refractivity contribution in [2.45, 2.75) is 12.5 Å². The van der Waals surface area contributed by atoms with E-state index in [1.807, 2.05) is 12.3 Å². The Labute approximate surface area is 94.9 Å². The van der Waals surface area contributed by atoms with Gasteiger partial charge in [-0.25, -0.2) is 4.98 Å². The van der Waals surface area contributed by atoms with E-state index in [4.69, 9.17) is 0 Å². The molecule has 3 heteroatoms. The highest BCUT2D eigenvalue weighted by Gasteiger charge is 2.14. The van der Waals surface area contributed by atoms with E-state index in [1.165, 1.54) is 17.2 Å². The van der Waals surface area contributed by atoms with Crippen LogP contribution in [-0.4, -0.2) is 24.1 Å². The normalized spacial score (nSPS) is 20.1. The molecule has 1 atom stereocenters. The van der Waals surface area contributed by atoms with Crippen LogP contribution in [-0.2, 0) is 0 Å². The number of hydrogen-bond donors (Lipinski definition) is 2. The Morgan fingerprint density at radius 2 is 2.12 bits per heavy atom. The molecular weight excluding hydrogens is 198 g/mol. The molecule has 1 aliphatic rings. The Bertz CT molecular complexity index is 489. The molecule has 1 saturated heterocycles. The first kappa shape index (κ1) is 9.60. The van der Waals surface area contributed by atoms with Gasteiger partial charge in [0, 0.05) is 24.2 Å². The fraction of sp³-hybridized carbons (Fsp3) is 0.308. The van der Waals surface area contributed by atoms with Gasteiger partial charge in [0.1, 0.15) is 5.82 Å². The van der Waals surface area contributed by atoms with Crippen LogP contribution in [0, 0.1) is 0 Å². The monoisotopic (exact) mass is 213 g/mol. The lowest BCUT2D eigenvalue weighted by molar-refractivity contribution is 0.788. The second-order valence-electron chi connectivity index (χ2n) is 4.25. The number of nitrogens with zero attached hydrogens (tertiary/aromatic N) is 1. The Balaban J connectivity index is 1.86. The lowest BCUT2D eigenvalue weighted by Gasteiger charge is -2.12. The van der Waals surface area contributed by atoms with Gasteiger partial charge in [0.2, 0.25) is 0 Å². The average molecular weight is 213 g/mol. The van der Waals surface area contributed by atoms with E-state index < -0.39 is 0 Å². The number of pyridine rings is 1. The van der Waals surface area contributed by atoms with Crippen LogP contribution in [0.2, 0.25) is 0 Å². The second kappa shape index (κ2) is 4.10. The van der Waals surface area contributed by atoms with Crippen molar-refractivity contribution in [3.05, 3.63) is 36.5 Å². The number of hydrogen-bond acceptors (Lipinski definition) is 3. The molecule has 0 aliphatic carbocycles. The van der Waals surface area contributed by atoms with Crippen LogP contribution >= 0.6 is 0 Å². The van der Waals surface area contributed by atoms with Crippen LogP contribution in [0.15, 0.2) is 36.5 Å². The zero-order chi connectivity index (χ0) is 10.8. The molecule has 0 saturated carbocycles. The zero-order valence-electron chi connectivity index (χ0n) is 9.11. The van der Waals surface area contributed by atoms with Gasteiger partial charge in [-0.1, -0.05) is 24.3 Å². The molecule has 16 heavy (non-hydrogen) atoms. The third kappa shape index (κ3) is 1.86. The molecule has 0 spiro atoms. The molecule has 2 N–H and O–H groups in total. The van der Waals surface area contributed by atoms with Gasteiger partial charge >= 0.3 is 0 Å². The largest absolute Gasteiger partial charge is 0.366 e. The Morgan fingerprint density at radius 3 is 2.94 bits per heavy atom. The molecule has 82 valence electrons. The molecule has 1 aromatic carbocycles. The summed E-state index contributed by atoms with van der Waals surface area (Å²) in [6.45, 7) is 2.14. The molecule has 0 radical (unpaired) electrons. The minimum atomic E-state index is 0.522. The second-order valence-corrected chi connectivity index (χ2v) is 4.25. The highest BCUT2D eigenvalue weighted by molar-refractivity contribution is 5.83. The van der Waals surface area contributed by atoms with Crippen molar-refractivity contribution in [1.29, 1.82) is 0 Å².